The summed E-state index contributed by atoms with van der Waals surface area (Å²) in [5.74, 6) is -2.02. The molecule has 0 aliphatic carbocycles. The van der Waals surface area contributed by atoms with Crippen molar-refractivity contribution in [3.05, 3.63) is 72.9 Å². The largest absolute Gasteiger partial charge is 0.477 e. The number of aliphatic carboxylic acids is 1. The third-order valence-electron chi connectivity index (χ3n) is 13.2. The van der Waals surface area contributed by atoms with Crippen LogP contribution in [0.15, 0.2) is 72.9 Å². The van der Waals surface area contributed by atoms with Crippen molar-refractivity contribution in [2.24, 2.45) is 0 Å². The highest BCUT2D eigenvalue weighted by molar-refractivity contribution is 5.71. The summed E-state index contributed by atoms with van der Waals surface area (Å²) in [4.78, 5) is 37.4. The molecule has 2 atom stereocenters. The number of likely N-dealkylation sites (N-methyl/N-ethyl adjacent to an activating group) is 1. The number of ether oxygens (including phenoxy) is 4. The van der Waals surface area contributed by atoms with Crippen LogP contribution >= 0.6 is 0 Å². The summed E-state index contributed by atoms with van der Waals surface area (Å²) in [6.07, 6.45) is 70.1. The summed E-state index contributed by atoms with van der Waals surface area (Å²) >= 11 is 0. The van der Waals surface area contributed by atoms with E-state index in [0.717, 1.165) is 89.9 Å². The van der Waals surface area contributed by atoms with Crippen LogP contribution in [0.3, 0.4) is 0 Å². The summed E-state index contributed by atoms with van der Waals surface area (Å²) in [5.41, 5.74) is 0. The molecule has 0 radical (unpaired) electrons. The molecular weight excluding hydrogens is 923 g/mol. The topological polar surface area (TPSA) is 108 Å². The number of allylic oxidation sites excluding steroid dienone is 12. The fourth-order valence-electron chi connectivity index (χ4n) is 8.49. The maximum absolute atomic E-state index is 12.9. The smallest absolute Gasteiger partial charge is 0.361 e. The Morgan fingerprint density at radius 1 is 0.419 bits per heavy atom. The van der Waals surface area contributed by atoms with Gasteiger partial charge in [0.15, 0.2) is 6.10 Å². The predicted molar refractivity (Wildman–Crippen MR) is 313 cm³/mol. The molecule has 0 saturated heterocycles. The molecule has 0 saturated carbocycles. The van der Waals surface area contributed by atoms with Gasteiger partial charge in [0, 0.05) is 12.8 Å². The minimum Gasteiger partial charge on any atom is -0.477 e. The van der Waals surface area contributed by atoms with Gasteiger partial charge in [0.05, 0.1) is 34.4 Å². The third kappa shape index (κ3) is 56.5. The molecule has 0 aromatic carbocycles. The summed E-state index contributed by atoms with van der Waals surface area (Å²) < 4.78 is 22.9. The Kier molecular flexibility index (Phi) is 53.5. The van der Waals surface area contributed by atoms with Crippen molar-refractivity contribution in [1.82, 2.24) is 0 Å². The van der Waals surface area contributed by atoms with E-state index in [9.17, 15) is 19.5 Å². The van der Waals surface area contributed by atoms with Gasteiger partial charge in [0.25, 0.3) is 6.29 Å². The van der Waals surface area contributed by atoms with Crippen LogP contribution in [0.25, 0.3) is 0 Å². The monoisotopic (exact) mass is 1040 g/mol. The molecule has 0 aromatic rings. The van der Waals surface area contributed by atoms with Crippen molar-refractivity contribution in [3.8, 4) is 0 Å². The standard InChI is InChI=1S/C65H115NO8/c1-6-8-10-12-14-16-18-20-22-23-24-25-26-27-28-29-30-31-32-33-34-35-36-37-38-39-40-41-42-44-46-48-50-52-54-56-63(68)74-61(60-73-65(64(69)70)71-58-57-66(3,4)5)59-72-62(67)55-53-51-49-47-45-43-21-19-17-15-13-11-9-7-2/h8,10,13-16,19-22,24-25,61,65H,6-7,9,11-12,17-18,23,26-60H2,1-5H3/p+1/b10-8-,15-13-,16-14-,21-19-,22-20-,25-24-. The van der Waals surface area contributed by atoms with Gasteiger partial charge in [-0.1, -0.05) is 247 Å². The highest BCUT2D eigenvalue weighted by Gasteiger charge is 2.25. The van der Waals surface area contributed by atoms with E-state index in [0.29, 0.717) is 11.0 Å². The second-order valence-corrected chi connectivity index (χ2v) is 21.6. The minimum atomic E-state index is -1.51. The maximum atomic E-state index is 12.9. The Balaban J connectivity index is 4.04. The summed E-state index contributed by atoms with van der Waals surface area (Å²) in [7, 11) is 5.97. The summed E-state index contributed by atoms with van der Waals surface area (Å²) in [5, 5.41) is 9.70. The third-order valence-corrected chi connectivity index (χ3v) is 13.2. The van der Waals surface area contributed by atoms with Gasteiger partial charge in [-0.15, -0.1) is 0 Å². The fraction of sp³-hybridized carbons (Fsp3) is 0.769. The van der Waals surface area contributed by atoms with E-state index in [-0.39, 0.29) is 38.6 Å². The van der Waals surface area contributed by atoms with Crippen molar-refractivity contribution >= 4 is 17.9 Å². The number of nitrogens with zero attached hydrogens (tertiary/aromatic N) is 1. The number of hydrogen-bond donors (Lipinski definition) is 1. The summed E-state index contributed by atoms with van der Waals surface area (Å²) in [6, 6.07) is 0. The van der Waals surface area contributed by atoms with Gasteiger partial charge in [0.2, 0.25) is 0 Å². The molecule has 9 nitrogen and oxygen atoms in total. The van der Waals surface area contributed by atoms with E-state index in [4.69, 9.17) is 18.9 Å². The van der Waals surface area contributed by atoms with Crippen LogP contribution in [0, 0.1) is 0 Å². The lowest BCUT2D eigenvalue weighted by Crippen LogP contribution is -2.40. The molecule has 0 aromatic heterocycles. The molecule has 0 spiro atoms. The molecule has 1 N–H and O–H groups in total. The van der Waals surface area contributed by atoms with Crippen molar-refractivity contribution in [1.29, 1.82) is 0 Å². The zero-order valence-corrected chi connectivity index (χ0v) is 48.7. The van der Waals surface area contributed by atoms with Crippen molar-refractivity contribution in [3.63, 3.8) is 0 Å². The first-order valence-electron chi connectivity index (χ1n) is 30.6. The number of carbonyl (C=O) groups excluding carboxylic acids is 2. The molecular formula is C65H116NO8+. The average Bonchev–Trinajstić information content (AvgIpc) is 3.37. The van der Waals surface area contributed by atoms with E-state index < -0.39 is 24.3 Å². The zero-order chi connectivity index (χ0) is 54.1. The predicted octanol–water partition coefficient (Wildman–Crippen LogP) is 18.2. The van der Waals surface area contributed by atoms with Gasteiger partial charge < -0.3 is 28.5 Å². The maximum Gasteiger partial charge on any atom is 0.361 e. The number of esters is 2. The first-order chi connectivity index (χ1) is 36.1. The van der Waals surface area contributed by atoms with Gasteiger partial charge >= 0.3 is 17.9 Å². The van der Waals surface area contributed by atoms with Gasteiger partial charge in [-0.05, 0) is 77.0 Å². The van der Waals surface area contributed by atoms with Crippen LogP contribution in [0.1, 0.15) is 264 Å². The van der Waals surface area contributed by atoms with Crippen LogP contribution in [-0.2, 0) is 33.3 Å². The molecule has 9 heteroatoms. The molecule has 0 amide bonds. The highest BCUT2D eigenvalue weighted by atomic mass is 16.7. The van der Waals surface area contributed by atoms with Gasteiger partial charge in [-0.2, -0.15) is 0 Å². The lowest BCUT2D eigenvalue weighted by molar-refractivity contribution is -0.870. The quantitative estimate of drug-likeness (QED) is 0.0211. The van der Waals surface area contributed by atoms with Gasteiger partial charge in [0.1, 0.15) is 13.2 Å². The number of quaternary nitrogens is 1. The first kappa shape index (κ1) is 70.7. The van der Waals surface area contributed by atoms with E-state index in [1.807, 2.05) is 21.1 Å². The zero-order valence-electron chi connectivity index (χ0n) is 48.7. The number of hydrogen-bond acceptors (Lipinski definition) is 7. The first-order valence-corrected chi connectivity index (χ1v) is 30.6. The number of rotatable bonds is 56. The van der Waals surface area contributed by atoms with E-state index in [2.05, 4.69) is 86.8 Å². The molecule has 2 unspecified atom stereocenters. The van der Waals surface area contributed by atoms with Crippen molar-refractivity contribution < 1.29 is 42.9 Å². The van der Waals surface area contributed by atoms with Gasteiger partial charge in [-0.25, -0.2) is 4.79 Å². The normalized spacial score (nSPS) is 13.3. The molecule has 0 rings (SSSR count). The molecule has 0 heterocycles. The Morgan fingerprint density at radius 3 is 1.15 bits per heavy atom. The molecule has 0 aliphatic heterocycles. The minimum absolute atomic E-state index is 0.185. The second kappa shape index (κ2) is 55.9. The number of carboxylic acids is 1. The van der Waals surface area contributed by atoms with E-state index >= 15 is 0 Å². The molecule has 0 bridgehead atoms. The van der Waals surface area contributed by atoms with E-state index in [1.54, 1.807) is 0 Å². The molecule has 74 heavy (non-hydrogen) atoms. The van der Waals surface area contributed by atoms with E-state index in [1.165, 1.54) is 148 Å². The highest BCUT2D eigenvalue weighted by Crippen LogP contribution is 2.17. The van der Waals surface area contributed by atoms with Crippen LogP contribution in [0.2, 0.25) is 0 Å². The second-order valence-electron chi connectivity index (χ2n) is 21.6. The molecule has 428 valence electrons. The molecule has 0 fully saturated rings. The van der Waals surface area contributed by atoms with Crippen LogP contribution < -0.4 is 0 Å². The Morgan fingerprint density at radius 2 is 0.770 bits per heavy atom. The lowest BCUT2D eigenvalue weighted by Gasteiger charge is -2.25. The average molecular weight is 1040 g/mol. The SMILES string of the molecule is CC/C=C\C/C=C\C/C=C\C/C=C\CCCCCCCCCCCCCCCCCCCCCCCCC(=O)OC(COC(=O)CCCCCCC/C=C\C/C=C\CCCC)COC(OCC[N+](C)(C)C)C(=O)O. The van der Waals surface area contributed by atoms with Crippen molar-refractivity contribution in [2.45, 2.75) is 277 Å². The fourth-order valence-corrected chi connectivity index (χ4v) is 8.49. The van der Waals surface area contributed by atoms with Crippen LogP contribution in [0.4, 0.5) is 0 Å². The molecule has 0 aliphatic rings. The Hall–Kier alpha value is -3.27. The number of carbonyl (C=O) groups is 3. The number of unbranched alkanes of at least 4 members (excludes halogenated alkanes) is 29. The number of carboxylic acid groups (broad SMARTS) is 1. The Bertz CT molecular complexity index is 1440. The van der Waals surface area contributed by atoms with Crippen LogP contribution in [0.5, 0.6) is 0 Å². The van der Waals surface area contributed by atoms with Gasteiger partial charge in [-0.3, -0.25) is 9.59 Å². The summed E-state index contributed by atoms with van der Waals surface area (Å²) in [6.45, 7) is 4.72. The van der Waals surface area contributed by atoms with Crippen LogP contribution in [-0.4, -0.2) is 87.4 Å². The Labute approximate surface area is 456 Å². The van der Waals surface area contributed by atoms with Crippen molar-refractivity contribution in [2.75, 3.05) is 47.5 Å². The lowest BCUT2D eigenvalue weighted by atomic mass is 10.0.